The average Bonchev–Trinajstić information content (AvgIpc) is 3.07. The van der Waals surface area contributed by atoms with E-state index in [1.165, 1.54) is 109 Å². The van der Waals surface area contributed by atoms with E-state index in [1.807, 2.05) is 0 Å². The largest absolute Gasteiger partial charge is 0.480 e. The Kier molecular flexibility index (Phi) is 34.2. The van der Waals surface area contributed by atoms with Crippen LogP contribution in [0.15, 0.2) is 12.2 Å². The highest BCUT2D eigenvalue weighted by molar-refractivity contribution is 7.47. The molecule has 0 aromatic heterocycles. The van der Waals surface area contributed by atoms with Crippen molar-refractivity contribution >= 4 is 19.8 Å². The van der Waals surface area contributed by atoms with Crippen LogP contribution in [0.3, 0.4) is 0 Å². The third kappa shape index (κ3) is 34.9. The highest BCUT2D eigenvalue weighted by Crippen LogP contribution is 2.43. The van der Waals surface area contributed by atoms with E-state index < -0.39 is 45.1 Å². The summed E-state index contributed by atoms with van der Waals surface area (Å²) in [6, 6.07) is -1.47. The topological polar surface area (TPSA) is 155 Å². The van der Waals surface area contributed by atoms with E-state index in [1.54, 1.807) is 0 Å². The number of carbonyl (C=O) groups is 2. The molecular formula is C38H74NO9P. The molecule has 0 fully saturated rings. The van der Waals surface area contributed by atoms with Crippen LogP contribution in [0.5, 0.6) is 0 Å². The Morgan fingerprint density at radius 1 is 0.633 bits per heavy atom. The van der Waals surface area contributed by atoms with Gasteiger partial charge in [-0.05, 0) is 38.5 Å². The molecular weight excluding hydrogens is 645 g/mol. The molecule has 3 unspecified atom stereocenters. The van der Waals surface area contributed by atoms with Crippen LogP contribution >= 0.6 is 7.82 Å². The number of carboxylic acids is 1. The third-order valence-corrected chi connectivity index (χ3v) is 9.50. The third-order valence-electron chi connectivity index (χ3n) is 8.54. The van der Waals surface area contributed by atoms with Gasteiger partial charge in [-0.3, -0.25) is 18.6 Å². The maximum Gasteiger partial charge on any atom is 0.472 e. The monoisotopic (exact) mass is 720 g/mol. The predicted molar refractivity (Wildman–Crippen MR) is 199 cm³/mol. The number of phosphoric acid groups is 1. The average molecular weight is 720 g/mol. The fourth-order valence-electron chi connectivity index (χ4n) is 5.42. The molecule has 0 aliphatic heterocycles. The molecule has 0 aliphatic carbocycles. The van der Waals surface area contributed by atoms with Gasteiger partial charge >= 0.3 is 19.8 Å². The van der Waals surface area contributed by atoms with Crippen LogP contribution in [0.25, 0.3) is 0 Å². The Labute approximate surface area is 299 Å². The smallest absolute Gasteiger partial charge is 0.472 e. The Balaban J connectivity index is 4.21. The molecule has 4 N–H and O–H groups in total. The zero-order valence-corrected chi connectivity index (χ0v) is 32.2. The van der Waals surface area contributed by atoms with Crippen molar-refractivity contribution < 1.29 is 42.7 Å². The van der Waals surface area contributed by atoms with Gasteiger partial charge in [0.25, 0.3) is 0 Å². The Morgan fingerprint density at radius 3 is 1.55 bits per heavy atom. The van der Waals surface area contributed by atoms with Gasteiger partial charge < -0.3 is 25.2 Å². The van der Waals surface area contributed by atoms with Crippen molar-refractivity contribution in [2.45, 2.75) is 193 Å². The summed E-state index contributed by atoms with van der Waals surface area (Å²) < 4.78 is 33.2. The summed E-state index contributed by atoms with van der Waals surface area (Å²) in [6.45, 7) is 3.86. The zero-order valence-electron chi connectivity index (χ0n) is 31.3. The maximum absolute atomic E-state index is 12.6. The van der Waals surface area contributed by atoms with Gasteiger partial charge in [-0.1, -0.05) is 148 Å². The number of unbranched alkanes of at least 4 members (excludes halogenated alkanes) is 22. The Morgan fingerprint density at radius 2 is 1.06 bits per heavy atom. The lowest BCUT2D eigenvalue weighted by molar-refractivity contribution is -0.154. The summed E-state index contributed by atoms with van der Waals surface area (Å²) in [5, 5.41) is 8.85. The molecule has 0 saturated heterocycles. The predicted octanol–water partition coefficient (Wildman–Crippen LogP) is 10.2. The first-order chi connectivity index (χ1) is 23.7. The normalized spacial score (nSPS) is 14.2. The van der Waals surface area contributed by atoms with Crippen LogP contribution in [0, 0.1) is 0 Å². The molecule has 0 saturated carbocycles. The number of rotatable bonds is 38. The van der Waals surface area contributed by atoms with Crippen LogP contribution in [0.2, 0.25) is 0 Å². The molecule has 290 valence electrons. The minimum absolute atomic E-state index is 0.0196. The number of hydrogen-bond acceptors (Lipinski definition) is 8. The molecule has 0 radical (unpaired) electrons. The van der Waals surface area contributed by atoms with Crippen LogP contribution in [-0.4, -0.2) is 60.5 Å². The van der Waals surface area contributed by atoms with Crippen molar-refractivity contribution in [3.63, 3.8) is 0 Å². The van der Waals surface area contributed by atoms with Gasteiger partial charge in [0, 0.05) is 13.0 Å². The number of carboxylic acid groups (broad SMARTS) is 1. The van der Waals surface area contributed by atoms with Crippen molar-refractivity contribution in [2.24, 2.45) is 5.73 Å². The van der Waals surface area contributed by atoms with E-state index in [0.717, 1.165) is 44.9 Å². The van der Waals surface area contributed by atoms with Gasteiger partial charge in [0.05, 0.1) is 19.8 Å². The van der Waals surface area contributed by atoms with E-state index in [9.17, 15) is 19.0 Å². The second-order valence-electron chi connectivity index (χ2n) is 13.4. The van der Waals surface area contributed by atoms with Gasteiger partial charge in [0.15, 0.2) is 0 Å². The molecule has 0 amide bonds. The SMILES string of the molecule is CCCCCCCCC/C=C\CCCCCCCCCC(=O)OC(COCCCCCCCCCCC)COP(=O)(O)OCC(N)C(=O)O. The number of nitrogens with two attached hydrogens (primary N) is 1. The summed E-state index contributed by atoms with van der Waals surface area (Å²) in [6.07, 6.45) is 34.1. The molecule has 3 atom stereocenters. The number of hydrogen-bond donors (Lipinski definition) is 3. The molecule has 0 aromatic carbocycles. The van der Waals surface area contributed by atoms with E-state index in [2.05, 4.69) is 30.5 Å². The molecule has 0 rings (SSSR count). The molecule has 0 aliphatic rings. The van der Waals surface area contributed by atoms with Crippen molar-refractivity contribution in [1.82, 2.24) is 0 Å². The lowest BCUT2D eigenvalue weighted by atomic mass is 10.1. The second kappa shape index (κ2) is 35.1. The molecule has 0 bridgehead atoms. The van der Waals surface area contributed by atoms with E-state index >= 15 is 0 Å². The van der Waals surface area contributed by atoms with Crippen LogP contribution in [-0.2, 0) is 32.7 Å². The summed E-state index contributed by atoms with van der Waals surface area (Å²) in [5.74, 6) is -1.78. The number of carbonyl (C=O) groups excluding carboxylic acids is 1. The minimum Gasteiger partial charge on any atom is -0.480 e. The molecule has 0 heterocycles. The lowest BCUT2D eigenvalue weighted by Crippen LogP contribution is -2.34. The number of aliphatic carboxylic acids is 1. The Bertz CT molecular complexity index is 842. The Hall–Kier alpha value is -1.29. The lowest BCUT2D eigenvalue weighted by Gasteiger charge is -2.20. The first-order valence-corrected chi connectivity index (χ1v) is 21.2. The van der Waals surface area contributed by atoms with Crippen molar-refractivity contribution in [1.29, 1.82) is 0 Å². The quantitative estimate of drug-likeness (QED) is 0.0243. The van der Waals surface area contributed by atoms with E-state index in [-0.39, 0.29) is 13.0 Å². The van der Waals surface area contributed by atoms with E-state index in [4.69, 9.17) is 24.8 Å². The van der Waals surface area contributed by atoms with E-state index in [0.29, 0.717) is 13.0 Å². The van der Waals surface area contributed by atoms with Gasteiger partial charge in [0.2, 0.25) is 0 Å². The first kappa shape index (κ1) is 47.7. The summed E-state index contributed by atoms with van der Waals surface area (Å²) in [7, 11) is -4.60. The second-order valence-corrected chi connectivity index (χ2v) is 14.9. The van der Waals surface area contributed by atoms with Crippen LogP contribution in [0.4, 0.5) is 0 Å². The molecule has 49 heavy (non-hydrogen) atoms. The maximum atomic E-state index is 12.6. The highest BCUT2D eigenvalue weighted by Gasteiger charge is 2.27. The number of ether oxygens (including phenoxy) is 2. The van der Waals surface area contributed by atoms with Gasteiger partial charge in [-0.2, -0.15) is 0 Å². The van der Waals surface area contributed by atoms with Gasteiger partial charge in [-0.15, -0.1) is 0 Å². The van der Waals surface area contributed by atoms with Gasteiger partial charge in [0.1, 0.15) is 12.1 Å². The molecule has 0 aromatic rings. The summed E-state index contributed by atoms with van der Waals surface area (Å²) >= 11 is 0. The number of esters is 1. The summed E-state index contributed by atoms with van der Waals surface area (Å²) in [5.41, 5.74) is 5.33. The molecule has 0 spiro atoms. The van der Waals surface area contributed by atoms with Crippen molar-refractivity contribution in [3.8, 4) is 0 Å². The fourth-order valence-corrected chi connectivity index (χ4v) is 6.20. The minimum atomic E-state index is -4.60. The molecule has 10 nitrogen and oxygen atoms in total. The van der Waals surface area contributed by atoms with Crippen LogP contribution < -0.4 is 5.73 Å². The number of phosphoric ester groups is 1. The zero-order chi connectivity index (χ0) is 36.3. The first-order valence-electron chi connectivity index (χ1n) is 19.7. The highest BCUT2D eigenvalue weighted by atomic mass is 31.2. The summed E-state index contributed by atoms with van der Waals surface area (Å²) in [4.78, 5) is 33.4. The number of allylic oxidation sites excluding steroid dienone is 2. The van der Waals surface area contributed by atoms with Crippen molar-refractivity contribution in [2.75, 3.05) is 26.4 Å². The fraction of sp³-hybridized carbons (Fsp3) is 0.895. The standard InChI is InChI=1S/C38H74NO9P/c1-3-5-7-9-11-13-14-15-16-17-18-19-20-21-22-24-26-28-30-37(40)48-35(33-46-49(43,44)47-34-36(39)38(41)42)32-45-31-29-27-25-23-12-10-8-6-4-2/h16-17,35-36H,3-15,18-34,39H2,1-2H3,(H,41,42)(H,43,44)/b17-16-. The van der Waals surface area contributed by atoms with Gasteiger partial charge in [-0.25, -0.2) is 4.57 Å². The molecule has 11 heteroatoms. The van der Waals surface area contributed by atoms with Crippen LogP contribution in [0.1, 0.15) is 181 Å². The van der Waals surface area contributed by atoms with Crippen molar-refractivity contribution in [3.05, 3.63) is 12.2 Å².